The average molecular weight is 293 g/mol. The van der Waals surface area contributed by atoms with Gasteiger partial charge in [0.2, 0.25) is 5.91 Å². The molecule has 2 aromatic rings. The van der Waals surface area contributed by atoms with E-state index in [0.717, 1.165) is 5.39 Å². The van der Waals surface area contributed by atoms with Crippen molar-refractivity contribution in [3.8, 4) is 0 Å². The van der Waals surface area contributed by atoms with E-state index in [0.29, 0.717) is 17.0 Å². The second-order valence-electron chi connectivity index (χ2n) is 4.54. The first-order valence-electron chi connectivity index (χ1n) is 6.14. The van der Waals surface area contributed by atoms with E-state index in [1.165, 1.54) is 4.90 Å². The second kappa shape index (κ2) is 6.00. The fraction of sp³-hybridized carbons (Fsp3) is 0.286. The van der Waals surface area contributed by atoms with Crippen molar-refractivity contribution in [1.82, 2.24) is 0 Å². The Balaban J connectivity index is 2.38. The van der Waals surface area contributed by atoms with Gasteiger partial charge >= 0.3 is 5.97 Å². The Labute approximate surface area is 121 Å². The van der Waals surface area contributed by atoms with E-state index in [-0.39, 0.29) is 18.4 Å². The molecule has 0 bridgehead atoms. The van der Waals surface area contributed by atoms with E-state index >= 15 is 0 Å². The number of benzene rings is 1. The van der Waals surface area contributed by atoms with E-state index in [4.69, 9.17) is 9.52 Å². The van der Waals surface area contributed by atoms with Crippen LogP contribution in [0.3, 0.4) is 0 Å². The van der Waals surface area contributed by atoms with Crippen molar-refractivity contribution < 1.29 is 19.1 Å². The van der Waals surface area contributed by atoms with Gasteiger partial charge in [0.25, 0.3) is 0 Å². The quantitative estimate of drug-likeness (QED) is 0.831. The number of rotatable bonds is 5. The van der Waals surface area contributed by atoms with Crippen molar-refractivity contribution in [2.24, 2.45) is 5.92 Å². The van der Waals surface area contributed by atoms with Crippen LogP contribution < -0.4 is 4.90 Å². The smallest absolute Gasteiger partial charge is 0.323 e. The summed E-state index contributed by atoms with van der Waals surface area (Å²) in [5.74, 6) is -1.30. The standard InChI is InChI=1S/C14H15NO4S/c1-9(8-20)14(18)15(7-13(16)17)11-2-3-12-10(6-11)4-5-19-12/h2-6,9,20H,7-8H2,1H3,(H,16,17). The van der Waals surface area contributed by atoms with Gasteiger partial charge in [0.05, 0.1) is 6.26 Å². The third-order valence-electron chi connectivity index (χ3n) is 3.00. The summed E-state index contributed by atoms with van der Waals surface area (Å²) in [6.07, 6.45) is 1.55. The first kappa shape index (κ1) is 14.5. The number of hydrogen-bond donors (Lipinski definition) is 2. The second-order valence-corrected chi connectivity index (χ2v) is 4.91. The summed E-state index contributed by atoms with van der Waals surface area (Å²) in [6.45, 7) is 1.35. The highest BCUT2D eigenvalue weighted by molar-refractivity contribution is 7.80. The number of aliphatic carboxylic acids is 1. The lowest BCUT2D eigenvalue weighted by molar-refractivity contribution is -0.137. The van der Waals surface area contributed by atoms with E-state index in [1.807, 2.05) is 0 Å². The van der Waals surface area contributed by atoms with Gasteiger partial charge in [-0.15, -0.1) is 0 Å². The molecule has 20 heavy (non-hydrogen) atoms. The lowest BCUT2D eigenvalue weighted by atomic mass is 10.1. The third kappa shape index (κ3) is 2.96. The molecule has 6 heteroatoms. The minimum atomic E-state index is -1.06. The van der Waals surface area contributed by atoms with E-state index in [9.17, 15) is 9.59 Å². The first-order chi connectivity index (χ1) is 9.52. The molecule has 1 N–H and O–H groups in total. The van der Waals surface area contributed by atoms with Gasteiger partial charge < -0.3 is 14.4 Å². The molecule has 2 rings (SSSR count). The van der Waals surface area contributed by atoms with Crippen molar-refractivity contribution in [2.45, 2.75) is 6.92 Å². The first-order valence-corrected chi connectivity index (χ1v) is 6.77. The number of carboxylic acid groups (broad SMARTS) is 1. The van der Waals surface area contributed by atoms with Gasteiger partial charge in [0.1, 0.15) is 12.1 Å². The predicted octanol–water partition coefficient (Wildman–Crippen LogP) is 2.42. The summed E-state index contributed by atoms with van der Waals surface area (Å²) in [6, 6.07) is 6.91. The molecule has 0 aliphatic rings. The molecule has 0 aliphatic heterocycles. The number of furan rings is 1. The minimum absolute atomic E-state index is 0.259. The van der Waals surface area contributed by atoms with Gasteiger partial charge in [-0.2, -0.15) is 12.6 Å². The van der Waals surface area contributed by atoms with Crippen LogP contribution in [-0.2, 0) is 9.59 Å². The van der Waals surface area contributed by atoms with Crippen LogP contribution in [0.5, 0.6) is 0 Å². The zero-order valence-corrected chi connectivity index (χ0v) is 11.8. The molecule has 5 nitrogen and oxygen atoms in total. The van der Waals surface area contributed by atoms with Gasteiger partial charge in [-0.3, -0.25) is 9.59 Å². The summed E-state index contributed by atoms with van der Waals surface area (Å²) in [5, 5.41) is 9.81. The largest absolute Gasteiger partial charge is 0.480 e. The zero-order valence-electron chi connectivity index (χ0n) is 10.9. The van der Waals surface area contributed by atoms with Crippen molar-refractivity contribution in [2.75, 3.05) is 17.2 Å². The van der Waals surface area contributed by atoms with Crippen molar-refractivity contribution >= 4 is 41.2 Å². The number of hydrogen-bond acceptors (Lipinski definition) is 4. The summed E-state index contributed by atoms with van der Waals surface area (Å²) in [4.78, 5) is 24.5. The number of fused-ring (bicyclic) bond motifs is 1. The minimum Gasteiger partial charge on any atom is -0.480 e. The van der Waals surface area contributed by atoms with Gasteiger partial charge in [-0.1, -0.05) is 6.92 Å². The molecule has 0 spiro atoms. The van der Waals surface area contributed by atoms with Crippen LogP contribution in [0.1, 0.15) is 6.92 Å². The summed E-state index contributed by atoms with van der Waals surface area (Å²) >= 11 is 4.09. The molecule has 1 unspecified atom stereocenters. The molecule has 1 heterocycles. The molecule has 0 saturated heterocycles. The Morgan fingerprint density at radius 2 is 2.15 bits per heavy atom. The maximum atomic E-state index is 12.3. The lowest BCUT2D eigenvalue weighted by Gasteiger charge is -2.23. The number of carbonyl (C=O) groups is 2. The van der Waals surface area contributed by atoms with Crippen LogP contribution in [0.4, 0.5) is 5.69 Å². The normalized spacial score (nSPS) is 12.3. The summed E-state index contributed by atoms with van der Waals surface area (Å²) < 4.78 is 5.23. The Bertz CT molecular complexity index is 637. The fourth-order valence-corrected chi connectivity index (χ4v) is 2.05. The Kier molecular flexibility index (Phi) is 4.34. The maximum Gasteiger partial charge on any atom is 0.323 e. The van der Waals surface area contributed by atoms with E-state index in [2.05, 4.69) is 12.6 Å². The number of carboxylic acids is 1. The van der Waals surface area contributed by atoms with E-state index in [1.54, 1.807) is 37.5 Å². The fourth-order valence-electron chi connectivity index (χ4n) is 1.90. The number of anilines is 1. The summed E-state index contributed by atoms with van der Waals surface area (Å²) in [7, 11) is 0. The molecule has 1 atom stereocenters. The zero-order chi connectivity index (χ0) is 14.7. The molecule has 106 valence electrons. The van der Waals surface area contributed by atoms with Gasteiger partial charge in [0, 0.05) is 22.7 Å². The Morgan fingerprint density at radius 3 is 2.80 bits per heavy atom. The highest BCUT2D eigenvalue weighted by atomic mass is 32.1. The molecule has 0 radical (unpaired) electrons. The monoisotopic (exact) mass is 293 g/mol. The van der Waals surface area contributed by atoms with Gasteiger partial charge in [0.15, 0.2) is 0 Å². The molecule has 1 aromatic heterocycles. The average Bonchev–Trinajstić information content (AvgIpc) is 2.90. The van der Waals surface area contributed by atoms with Crippen LogP contribution in [-0.4, -0.2) is 29.3 Å². The van der Waals surface area contributed by atoms with Crippen LogP contribution in [0.2, 0.25) is 0 Å². The number of nitrogens with zero attached hydrogens (tertiary/aromatic N) is 1. The van der Waals surface area contributed by atoms with E-state index < -0.39 is 5.97 Å². The third-order valence-corrected chi connectivity index (χ3v) is 3.55. The molecule has 0 fully saturated rings. The van der Waals surface area contributed by atoms with Gasteiger partial charge in [-0.25, -0.2) is 0 Å². The molecular weight excluding hydrogens is 278 g/mol. The van der Waals surface area contributed by atoms with Crippen LogP contribution >= 0.6 is 12.6 Å². The Hall–Kier alpha value is -1.95. The van der Waals surface area contributed by atoms with Crippen molar-refractivity contribution in [3.63, 3.8) is 0 Å². The number of amides is 1. The topological polar surface area (TPSA) is 70.8 Å². The van der Waals surface area contributed by atoms with Crippen LogP contribution in [0.25, 0.3) is 11.0 Å². The Morgan fingerprint density at radius 1 is 1.40 bits per heavy atom. The van der Waals surface area contributed by atoms with Crippen LogP contribution in [0, 0.1) is 5.92 Å². The lowest BCUT2D eigenvalue weighted by Crippen LogP contribution is -2.39. The molecule has 1 amide bonds. The van der Waals surface area contributed by atoms with Crippen molar-refractivity contribution in [3.05, 3.63) is 30.5 Å². The highest BCUT2D eigenvalue weighted by Crippen LogP contribution is 2.24. The maximum absolute atomic E-state index is 12.3. The number of carbonyl (C=O) groups excluding carboxylic acids is 1. The molecule has 0 aliphatic carbocycles. The molecule has 0 saturated carbocycles. The van der Waals surface area contributed by atoms with Gasteiger partial charge in [-0.05, 0) is 24.3 Å². The predicted molar refractivity (Wildman–Crippen MR) is 79.2 cm³/mol. The summed E-state index contributed by atoms with van der Waals surface area (Å²) in [5.41, 5.74) is 1.23. The van der Waals surface area contributed by atoms with Crippen LogP contribution in [0.15, 0.2) is 34.9 Å². The van der Waals surface area contributed by atoms with Crippen molar-refractivity contribution in [1.29, 1.82) is 0 Å². The SMILES string of the molecule is CC(CS)C(=O)N(CC(=O)O)c1ccc2occc2c1. The molecular formula is C14H15NO4S. The number of thiol groups is 1. The molecule has 1 aromatic carbocycles. The highest BCUT2D eigenvalue weighted by Gasteiger charge is 2.23.